The van der Waals surface area contributed by atoms with Crippen molar-refractivity contribution in [2.24, 2.45) is 0 Å². The number of furan rings is 2. The molecule has 0 N–H and O–H groups in total. The van der Waals surface area contributed by atoms with Gasteiger partial charge in [0, 0.05) is 65.9 Å². The van der Waals surface area contributed by atoms with E-state index in [-0.39, 0.29) is 0 Å². The topological polar surface area (TPSA) is 88.2 Å². The average Bonchev–Trinajstić information content (AvgIpc) is 4.28. The van der Waals surface area contributed by atoms with E-state index in [9.17, 15) is 0 Å². The first-order valence-corrected chi connectivity index (χ1v) is 23.4. The van der Waals surface area contributed by atoms with E-state index < -0.39 is 0 Å². The van der Waals surface area contributed by atoms with Crippen molar-refractivity contribution in [3.8, 4) is 45.4 Å². The molecule has 0 spiro atoms. The van der Waals surface area contributed by atoms with E-state index in [4.69, 9.17) is 27.6 Å². The first kappa shape index (κ1) is 37.4. The summed E-state index contributed by atoms with van der Waals surface area (Å²) in [6, 6.07) is 71.2. The van der Waals surface area contributed by atoms with Crippen molar-refractivity contribution in [3.63, 3.8) is 0 Å². The summed E-state index contributed by atoms with van der Waals surface area (Å²) in [5.41, 5.74) is 16.5. The van der Waals surface area contributed by atoms with Gasteiger partial charge in [-0.25, -0.2) is 9.97 Å². The molecule has 0 fully saturated rings. The van der Waals surface area contributed by atoms with E-state index in [1.807, 2.05) is 48.5 Å². The predicted molar refractivity (Wildman–Crippen MR) is 281 cm³/mol. The van der Waals surface area contributed by atoms with Gasteiger partial charge in [0.15, 0.2) is 11.2 Å². The maximum Gasteiger partial charge on any atom is 0.227 e. The van der Waals surface area contributed by atoms with Crippen LogP contribution >= 0.6 is 0 Å². The monoisotopic (exact) mass is 898 g/mol. The molecule has 16 rings (SSSR count). The van der Waals surface area contributed by atoms with Crippen LogP contribution < -0.4 is 0 Å². The summed E-state index contributed by atoms with van der Waals surface area (Å²) in [6.45, 7) is 0. The maximum atomic E-state index is 6.52. The largest absolute Gasteiger partial charge is 0.455 e. The lowest BCUT2D eigenvalue weighted by atomic mass is 10.0. The van der Waals surface area contributed by atoms with Gasteiger partial charge in [0.1, 0.15) is 33.4 Å². The quantitative estimate of drug-likeness (QED) is 0.171. The van der Waals surface area contributed by atoms with Crippen LogP contribution in [-0.4, -0.2) is 19.1 Å². The molecule has 0 amide bonds. The van der Waals surface area contributed by atoms with Gasteiger partial charge in [0.2, 0.25) is 11.8 Å². The van der Waals surface area contributed by atoms with Crippen LogP contribution in [0.15, 0.2) is 224 Å². The molecular weight excluding hydrogens is 865 g/mol. The van der Waals surface area contributed by atoms with E-state index in [2.05, 4.69) is 167 Å². The van der Waals surface area contributed by atoms with Crippen LogP contribution in [-0.2, 0) is 0 Å². The van der Waals surface area contributed by atoms with E-state index in [0.717, 1.165) is 132 Å². The summed E-state index contributed by atoms with van der Waals surface area (Å²) >= 11 is 0. The Balaban J connectivity index is 0.748. The van der Waals surface area contributed by atoms with Gasteiger partial charge >= 0.3 is 0 Å². The summed E-state index contributed by atoms with van der Waals surface area (Å²) in [5, 5.41) is 8.97. The number of rotatable bonds is 5. The minimum atomic E-state index is 0.540. The number of nitrogens with zero attached hydrogens (tertiary/aromatic N) is 4. The summed E-state index contributed by atoms with van der Waals surface area (Å²) in [7, 11) is 0. The zero-order chi connectivity index (χ0) is 45.6. The van der Waals surface area contributed by atoms with Gasteiger partial charge in [-0.3, -0.25) is 0 Å². The Bertz CT molecular complexity index is 4520. The normalized spacial score (nSPS) is 12.3. The van der Waals surface area contributed by atoms with Crippen molar-refractivity contribution in [2.45, 2.75) is 0 Å². The highest BCUT2D eigenvalue weighted by atomic mass is 16.4. The molecule has 0 radical (unpaired) electrons. The number of aromatic nitrogens is 4. The molecule has 16 aromatic rings. The average molecular weight is 899 g/mol. The molecule has 6 aromatic heterocycles. The van der Waals surface area contributed by atoms with Gasteiger partial charge in [0.25, 0.3) is 0 Å². The Morgan fingerprint density at radius 2 is 0.686 bits per heavy atom. The first-order valence-electron chi connectivity index (χ1n) is 23.4. The van der Waals surface area contributed by atoms with Crippen LogP contribution in [0, 0.1) is 0 Å². The molecule has 0 atom stereocenters. The lowest BCUT2D eigenvalue weighted by Gasteiger charge is -2.08. The number of hydrogen-bond donors (Lipinski definition) is 0. The molecule has 8 nitrogen and oxygen atoms in total. The standard InChI is InChI=1S/C62H34N4O4/c1-5-17-47-45(13-1)55-49(33-31-43-39-11-3-7-19-51(39)67-59(43)55)65(47)37-27-23-35(24-28-37)61-63-57-41(15-9-21-53(57)69-61)42-16-10-22-54-58(42)64-62(70-54)36-25-29-38(30-26-36)66-48-18-6-2-14-46(48)56-50(66)34-32-44-40-12-4-8-20-52(40)68-60(44)56/h1-34H. The molecule has 0 saturated carbocycles. The number of benzene rings is 10. The number of para-hydroxylation sites is 6. The van der Waals surface area contributed by atoms with Gasteiger partial charge in [-0.15, -0.1) is 0 Å². The summed E-state index contributed by atoms with van der Waals surface area (Å²) in [5.74, 6) is 1.08. The molecule has 0 bridgehead atoms. The van der Waals surface area contributed by atoms with Gasteiger partial charge in [-0.2, -0.15) is 0 Å². The SMILES string of the molecule is c1cc(-c2cccc3oc(-c4ccc(-n5c6ccccc6c6c7oc8ccccc8c7ccc65)cc4)nc23)c2nc(-c3ccc(-n4c5ccccc5c5c6oc7ccccc7c6ccc54)cc3)oc2c1. The third-order valence-electron chi connectivity index (χ3n) is 14.2. The van der Waals surface area contributed by atoms with Crippen LogP contribution in [0.4, 0.5) is 0 Å². The highest BCUT2D eigenvalue weighted by Crippen LogP contribution is 2.43. The molecule has 8 heteroatoms. The zero-order valence-electron chi connectivity index (χ0n) is 37.1. The van der Waals surface area contributed by atoms with Crippen LogP contribution in [0.3, 0.4) is 0 Å². The van der Waals surface area contributed by atoms with Crippen LogP contribution in [0.1, 0.15) is 0 Å². The van der Waals surface area contributed by atoms with Crippen molar-refractivity contribution >= 4 is 110 Å². The molecule has 0 aliphatic carbocycles. The fraction of sp³-hybridized carbons (Fsp3) is 0. The Labute approximate surface area is 396 Å². The number of fused-ring (bicyclic) bond motifs is 16. The molecule has 326 valence electrons. The van der Waals surface area contributed by atoms with Gasteiger partial charge in [-0.05, 0) is 109 Å². The van der Waals surface area contributed by atoms with E-state index in [1.165, 1.54) is 0 Å². The maximum absolute atomic E-state index is 6.52. The van der Waals surface area contributed by atoms with E-state index >= 15 is 0 Å². The highest BCUT2D eigenvalue weighted by Gasteiger charge is 2.22. The van der Waals surface area contributed by atoms with Crippen LogP contribution in [0.25, 0.3) is 155 Å². The van der Waals surface area contributed by atoms with Gasteiger partial charge in [0.05, 0.1) is 32.8 Å². The molecule has 70 heavy (non-hydrogen) atoms. The Morgan fingerprint density at radius 3 is 1.14 bits per heavy atom. The van der Waals surface area contributed by atoms with Crippen molar-refractivity contribution in [1.82, 2.24) is 19.1 Å². The van der Waals surface area contributed by atoms with E-state index in [0.29, 0.717) is 22.9 Å². The summed E-state index contributed by atoms with van der Waals surface area (Å²) in [6.07, 6.45) is 0. The van der Waals surface area contributed by atoms with Crippen LogP contribution in [0.5, 0.6) is 0 Å². The second kappa shape index (κ2) is 13.9. The van der Waals surface area contributed by atoms with Gasteiger partial charge < -0.3 is 26.8 Å². The third-order valence-corrected chi connectivity index (χ3v) is 14.2. The molecule has 6 heterocycles. The smallest absolute Gasteiger partial charge is 0.227 e. The lowest BCUT2D eigenvalue weighted by molar-refractivity contribution is 0.619. The minimum absolute atomic E-state index is 0.540. The van der Waals surface area contributed by atoms with Crippen molar-refractivity contribution in [3.05, 3.63) is 206 Å². The van der Waals surface area contributed by atoms with E-state index in [1.54, 1.807) is 0 Å². The second-order valence-electron chi connectivity index (χ2n) is 18.0. The van der Waals surface area contributed by atoms with Gasteiger partial charge in [-0.1, -0.05) is 97.1 Å². The highest BCUT2D eigenvalue weighted by molar-refractivity contribution is 6.25. The Hall–Kier alpha value is -9.66. The van der Waals surface area contributed by atoms with Crippen molar-refractivity contribution < 1.29 is 17.7 Å². The molecule has 0 saturated heterocycles. The van der Waals surface area contributed by atoms with Crippen molar-refractivity contribution in [1.29, 1.82) is 0 Å². The fourth-order valence-corrected chi connectivity index (χ4v) is 11.1. The molecule has 0 unspecified atom stereocenters. The Morgan fingerprint density at radius 1 is 0.286 bits per heavy atom. The lowest BCUT2D eigenvalue weighted by Crippen LogP contribution is -1.93. The van der Waals surface area contributed by atoms with Crippen LogP contribution in [0.2, 0.25) is 0 Å². The minimum Gasteiger partial charge on any atom is -0.455 e. The zero-order valence-corrected chi connectivity index (χ0v) is 37.1. The summed E-state index contributed by atoms with van der Waals surface area (Å²) in [4.78, 5) is 10.3. The number of hydrogen-bond acceptors (Lipinski definition) is 6. The molecule has 0 aliphatic heterocycles. The number of oxazole rings is 2. The van der Waals surface area contributed by atoms with Crippen molar-refractivity contribution in [2.75, 3.05) is 0 Å². The molecule has 0 aliphatic rings. The second-order valence-corrected chi connectivity index (χ2v) is 18.0. The fourth-order valence-electron chi connectivity index (χ4n) is 11.1. The first-order chi connectivity index (χ1) is 34.7. The Kier molecular flexibility index (Phi) is 7.46. The predicted octanol–water partition coefficient (Wildman–Crippen LogP) is 17.0. The molecular formula is C62H34N4O4. The molecule has 10 aromatic carbocycles. The summed E-state index contributed by atoms with van der Waals surface area (Å²) < 4.78 is 30.7. The third kappa shape index (κ3) is 5.18.